The van der Waals surface area contributed by atoms with Crippen LogP contribution in [0.2, 0.25) is 0 Å². The molecule has 0 amide bonds. The van der Waals surface area contributed by atoms with Gasteiger partial charge in [0.1, 0.15) is 16.7 Å². The average Bonchev–Trinajstić information content (AvgIpc) is 4.24. The van der Waals surface area contributed by atoms with Crippen LogP contribution >= 0.6 is 0 Å². The zero-order valence-electron chi connectivity index (χ0n) is 38.2. The molecule has 71 heavy (non-hydrogen) atoms. The van der Waals surface area contributed by atoms with Crippen LogP contribution in [0.1, 0.15) is 0 Å². The van der Waals surface area contributed by atoms with Crippen LogP contribution in [0.5, 0.6) is 0 Å². The van der Waals surface area contributed by atoms with Crippen molar-refractivity contribution in [3.8, 4) is 39.3 Å². The predicted octanol–water partition coefficient (Wildman–Crippen LogP) is 18.1. The molecule has 0 aliphatic rings. The Kier molecular flexibility index (Phi) is 7.82. The molecule has 5 heteroatoms. The summed E-state index contributed by atoms with van der Waals surface area (Å²) in [6, 6.07) is 85.3. The lowest BCUT2D eigenvalue weighted by molar-refractivity contribution is 0.666. The molecule has 0 unspecified atom stereocenters. The van der Waals surface area contributed by atoms with Crippen molar-refractivity contribution in [1.82, 2.24) is 13.7 Å². The highest BCUT2D eigenvalue weighted by atomic mass is 16.3. The van der Waals surface area contributed by atoms with Gasteiger partial charge in [-0.2, -0.15) is 0 Å². The molecule has 0 saturated carbocycles. The normalized spacial score (nSPS) is 12.2. The zero-order chi connectivity index (χ0) is 46.3. The van der Waals surface area contributed by atoms with E-state index < -0.39 is 0 Å². The van der Waals surface area contributed by atoms with Crippen molar-refractivity contribution >= 4 is 109 Å². The van der Waals surface area contributed by atoms with E-state index in [-0.39, 0.29) is 0 Å². The lowest BCUT2D eigenvalue weighted by Gasteiger charge is -2.09. The van der Waals surface area contributed by atoms with Crippen LogP contribution in [0.3, 0.4) is 0 Å². The Hall–Kier alpha value is -9.58. The Bertz CT molecular complexity index is 4830. The van der Waals surface area contributed by atoms with Gasteiger partial charge in [-0.3, -0.25) is 0 Å². The van der Waals surface area contributed by atoms with Gasteiger partial charge in [-0.1, -0.05) is 140 Å². The molecule has 5 nitrogen and oxygen atoms in total. The minimum absolute atomic E-state index is 0.860. The summed E-state index contributed by atoms with van der Waals surface area (Å²) < 4.78 is 20.7. The lowest BCUT2D eigenvalue weighted by atomic mass is 9.98. The van der Waals surface area contributed by atoms with Gasteiger partial charge >= 0.3 is 0 Å². The first-order valence-corrected chi connectivity index (χ1v) is 24.2. The van der Waals surface area contributed by atoms with Crippen molar-refractivity contribution in [2.75, 3.05) is 0 Å². The fourth-order valence-electron chi connectivity index (χ4n) is 11.9. The van der Waals surface area contributed by atoms with Crippen LogP contribution in [0.25, 0.3) is 149 Å². The van der Waals surface area contributed by atoms with E-state index in [1.54, 1.807) is 0 Å². The maximum Gasteiger partial charge on any atom is 0.159 e. The number of hydrogen-bond acceptors (Lipinski definition) is 2. The number of benzene rings is 11. The Balaban J connectivity index is 0.807. The Morgan fingerprint density at radius 2 is 0.676 bits per heavy atom. The van der Waals surface area contributed by atoms with Crippen molar-refractivity contribution in [1.29, 1.82) is 0 Å². The second kappa shape index (κ2) is 14.5. The molecule has 16 rings (SSSR count). The maximum atomic E-state index is 6.81. The highest BCUT2D eigenvalue weighted by molar-refractivity contribution is 6.16. The number of aromatic nitrogens is 3. The van der Waals surface area contributed by atoms with Crippen molar-refractivity contribution in [2.24, 2.45) is 0 Å². The van der Waals surface area contributed by atoms with Gasteiger partial charge in [0.15, 0.2) is 5.58 Å². The van der Waals surface area contributed by atoms with Crippen molar-refractivity contribution in [3.63, 3.8) is 0 Å². The lowest BCUT2D eigenvalue weighted by Crippen LogP contribution is -1.94. The first-order valence-electron chi connectivity index (χ1n) is 24.2. The smallest absolute Gasteiger partial charge is 0.159 e. The molecular weight excluding hydrogens is 867 g/mol. The van der Waals surface area contributed by atoms with E-state index >= 15 is 0 Å². The molecule has 5 aromatic heterocycles. The van der Waals surface area contributed by atoms with E-state index in [1.807, 2.05) is 0 Å². The number of fused-ring (bicyclic) bond motifs is 15. The molecular formula is C66H39N3O2. The molecule has 0 saturated heterocycles. The summed E-state index contributed by atoms with van der Waals surface area (Å²) in [7, 11) is 0. The number of furan rings is 2. The fourth-order valence-corrected chi connectivity index (χ4v) is 11.9. The molecule has 16 aromatic rings. The van der Waals surface area contributed by atoms with Crippen LogP contribution in [0, 0.1) is 0 Å². The second-order valence-electron chi connectivity index (χ2n) is 18.8. The molecule has 0 bridgehead atoms. The summed E-state index contributed by atoms with van der Waals surface area (Å²) in [5.74, 6) is 0. The van der Waals surface area contributed by atoms with Crippen LogP contribution in [0.4, 0.5) is 0 Å². The Morgan fingerprint density at radius 1 is 0.239 bits per heavy atom. The number of hydrogen-bond donors (Lipinski definition) is 0. The summed E-state index contributed by atoms with van der Waals surface area (Å²) in [4.78, 5) is 0. The summed E-state index contributed by atoms with van der Waals surface area (Å²) in [6.45, 7) is 0. The summed E-state index contributed by atoms with van der Waals surface area (Å²) >= 11 is 0. The third-order valence-electron chi connectivity index (χ3n) is 15.0. The summed E-state index contributed by atoms with van der Waals surface area (Å²) in [5, 5.41) is 11.7. The van der Waals surface area contributed by atoms with Crippen LogP contribution in [-0.4, -0.2) is 13.7 Å². The monoisotopic (exact) mass is 905 g/mol. The number of nitrogens with zero attached hydrogens (tertiary/aromatic N) is 3. The zero-order valence-corrected chi connectivity index (χ0v) is 38.2. The van der Waals surface area contributed by atoms with Gasteiger partial charge in [0, 0.05) is 70.8 Å². The van der Waals surface area contributed by atoms with Gasteiger partial charge in [-0.05, 0) is 114 Å². The number of rotatable bonds is 5. The summed E-state index contributed by atoms with van der Waals surface area (Å²) in [6.07, 6.45) is 0. The average molecular weight is 906 g/mol. The summed E-state index contributed by atoms with van der Waals surface area (Å²) in [5.41, 5.74) is 18.3. The van der Waals surface area contributed by atoms with Crippen molar-refractivity contribution < 1.29 is 8.83 Å². The van der Waals surface area contributed by atoms with Crippen LogP contribution in [0.15, 0.2) is 245 Å². The molecule has 5 heterocycles. The highest BCUT2D eigenvalue weighted by Crippen LogP contribution is 2.43. The number of para-hydroxylation sites is 7. The van der Waals surface area contributed by atoms with Gasteiger partial charge in [0.2, 0.25) is 0 Å². The van der Waals surface area contributed by atoms with E-state index in [0.29, 0.717) is 0 Å². The third-order valence-corrected chi connectivity index (χ3v) is 15.0. The van der Waals surface area contributed by atoms with Gasteiger partial charge in [-0.15, -0.1) is 0 Å². The van der Waals surface area contributed by atoms with E-state index in [1.165, 1.54) is 48.9 Å². The quantitative estimate of drug-likeness (QED) is 0.173. The van der Waals surface area contributed by atoms with E-state index in [4.69, 9.17) is 8.83 Å². The Morgan fingerprint density at radius 3 is 1.34 bits per heavy atom. The first-order chi connectivity index (χ1) is 35.2. The molecule has 0 aliphatic heterocycles. The topological polar surface area (TPSA) is 41.1 Å². The molecule has 0 fully saturated rings. The molecule has 0 atom stereocenters. The van der Waals surface area contributed by atoms with Crippen molar-refractivity contribution in [2.45, 2.75) is 0 Å². The third kappa shape index (κ3) is 5.46. The van der Waals surface area contributed by atoms with Gasteiger partial charge < -0.3 is 22.5 Å². The molecule has 0 spiro atoms. The van der Waals surface area contributed by atoms with Gasteiger partial charge in [-0.25, -0.2) is 0 Å². The van der Waals surface area contributed by atoms with E-state index in [9.17, 15) is 0 Å². The molecule has 0 N–H and O–H groups in total. The molecule has 0 radical (unpaired) electrons. The fraction of sp³-hybridized carbons (Fsp3) is 0. The minimum Gasteiger partial charge on any atom is -0.455 e. The first kappa shape index (κ1) is 38.4. The predicted molar refractivity (Wildman–Crippen MR) is 295 cm³/mol. The maximum absolute atomic E-state index is 6.81. The van der Waals surface area contributed by atoms with E-state index in [0.717, 1.165) is 99.7 Å². The van der Waals surface area contributed by atoms with Crippen LogP contribution in [-0.2, 0) is 0 Å². The SMILES string of the molecule is c1ccc(-n2c3ccccc3c3cc(-c4ccc5oc6c(-c7ccc8c(c7)c7ccccc7n8-c7ccc8oc9c(-n%10c%11ccccc%11c%11ccccc%11%10)cccc9c8c7)cccc6c5c4)ccc32)cc1. The molecule has 0 aliphatic carbocycles. The van der Waals surface area contributed by atoms with Gasteiger partial charge in [0.05, 0.1) is 38.8 Å². The molecule has 330 valence electrons. The van der Waals surface area contributed by atoms with Crippen molar-refractivity contribution in [3.05, 3.63) is 237 Å². The highest BCUT2D eigenvalue weighted by Gasteiger charge is 2.21. The minimum atomic E-state index is 0.860. The van der Waals surface area contributed by atoms with Gasteiger partial charge in [0.25, 0.3) is 0 Å². The Labute approximate surface area is 405 Å². The largest absolute Gasteiger partial charge is 0.455 e. The van der Waals surface area contributed by atoms with E-state index in [2.05, 4.69) is 250 Å². The standard InChI is InChI=1S/C66H39N3O2/c1-2-14-43(15-3-1)67-56-23-8-6-18-48(56)52-36-40(28-32-60(52)67)41-30-34-63-54(37-41)50-21-12-20-45(65(50)70-63)42-29-33-61-53(38-42)49-19-7-9-24-57(49)68(61)44-31-35-64-55(39-44)51-22-13-27-62(66(51)71-64)69-58-25-10-4-16-46(58)47-17-5-11-26-59(47)69/h1-39H. The van der Waals surface area contributed by atoms with Crippen LogP contribution < -0.4 is 0 Å². The molecule has 11 aromatic carbocycles. The second-order valence-corrected chi connectivity index (χ2v) is 18.8.